The van der Waals surface area contributed by atoms with Gasteiger partial charge in [-0.15, -0.1) is 0 Å². The van der Waals surface area contributed by atoms with Crippen LogP contribution in [-0.2, 0) is 4.79 Å². The summed E-state index contributed by atoms with van der Waals surface area (Å²) in [7, 11) is 0. The highest BCUT2D eigenvalue weighted by atomic mass is 79.9. The monoisotopic (exact) mass is 449 g/mol. The van der Waals surface area contributed by atoms with Gasteiger partial charge < -0.3 is 15.4 Å². The summed E-state index contributed by atoms with van der Waals surface area (Å²) in [5.74, 6) is -0.0422. The van der Waals surface area contributed by atoms with Gasteiger partial charge in [0.15, 0.2) is 5.11 Å². The number of rotatable bonds is 5. The van der Waals surface area contributed by atoms with E-state index in [9.17, 15) is 9.59 Å². The lowest BCUT2D eigenvalue weighted by molar-refractivity contribution is -0.114. The summed E-state index contributed by atoms with van der Waals surface area (Å²) in [5, 5.41) is 8.41. The highest BCUT2D eigenvalue weighted by molar-refractivity contribution is 9.10. The molecule has 0 aromatic heterocycles. The van der Waals surface area contributed by atoms with Crippen molar-refractivity contribution in [2.75, 3.05) is 10.6 Å². The van der Waals surface area contributed by atoms with Crippen LogP contribution in [0.5, 0.6) is 5.75 Å². The number of carbonyl (C=O) groups is 2. The van der Waals surface area contributed by atoms with Crippen molar-refractivity contribution in [1.82, 2.24) is 5.32 Å². The van der Waals surface area contributed by atoms with Crippen molar-refractivity contribution < 1.29 is 14.3 Å². The van der Waals surface area contributed by atoms with Crippen molar-refractivity contribution in [2.45, 2.75) is 26.9 Å². The summed E-state index contributed by atoms with van der Waals surface area (Å²) in [6, 6.07) is 12.2. The SMILES string of the molecule is CC(=O)Nc1ccc(NC(=S)NC(=O)c2cc(Br)ccc2OC(C)C)cc1. The van der Waals surface area contributed by atoms with Gasteiger partial charge in [-0.2, -0.15) is 0 Å². The van der Waals surface area contributed by atoms with Crippen molar-refractivity contribution in [2.24, 2.45) is 0 Å². The predicted octanol–water partition coefficient (Wildman–Crippen LogP) is 4.32. The first-order valence-electron chi connectivity index (χ1n) is 8.21. The summed E-state index contributed by atoms with van der Waals surface area (Å²) in [6.07, 6.45) is -0.0649. The van der Waals surface area contributed by atoms with Gasteiger partial charge in [0.25, 0.3) is 5.91 Å². The van der Waals surface area contributed by atoms with E-state index in [4.69, 9.17) is 17.0 Å². The summed E-state index contributed by atoms with van der Waals surface area (Å²) < 4.78 is 6.45. The van der Waals surface area contributed by atoms with Gasteiger partial charge in [-0.3, -0.25) is 14.9 Å². The molecule has 0 aliphatic carbocycles. The van der Waals surface area contributed by atoms with E-state index in [1.165, 1.54) is 6.92 Å². The van der Waals surface area contributed by atoms with Gasteiger partial charge in [-0.1, -0.05) is 15.9 Å². The molecule has 8 heteroatoms. The smallest absolute Gasteiger partial charge is 0.261 e. The van der Waals surface area contributed by atoms with Gasteiger partial charge in [-0.05, 0) is 68.5 Å². The Balaban J connectivity index is 2.04. The van der Waals surface area contributed by atoms with Crippen molar-refractivity contribution >= 4 is 56.4 Å². The van der Waals surface area contributed by atoms with E-state index in [0.29, 0.717) is 22.7 Å². The van der Waals surface area contributed by atoms with Gasteiger partial charge in [0.2, 0.25) is 5.91 Å². The molecule has 6 nitrogen and oxygen atoms in total. The molecule has 0 fully saturated rings. The van der Waals surface area contributed by atoms with Crippen LogP contribution in [0.25, 0.3) is 0 Å². The number of hydrogen-bond donors (Lipinski definition) is 3. The van der Waals surface area contributed by atoms with Crippen molar-refractivity contribution in [1.29, 1.82) is 0 Å². The Morgan fingerprint density at radius 2 is 1.63 bits per heavy atom. The van der Waals surface area contributed by atoms with E-state index in [0.717, 1.165) is 4.47 Å². The molecule has 0 bridgehead atoms. The number of carbonyl (C=O) groups excluding carboxylic acids is 2. The Hall–Kier alpha value is -2.45. The van der Waals surface area contributed by atoms with Gasteiger partial charge >= 0.3 is 0 Å². The molecular formula is C19H20BrN3O3S. The Morgan fingerprint density at radius 3 is 2.19 bits per heavy atom. The minimum Gasteiger partial charge on any atom is -0.490 e. The van der Waals surface area contributed by atoms with Crippen LogP contribution in [0.15, 0.2) is 46.9 Å². The minimum absolute atomic E-state index is 0.0649. The molecule has 0 unspecified atom stereocenters. The zero-order chi connectivity index (χ0) is 20.0. The molecular weight excluding hydrogens is 430 g/mol. The number of thiocarbonyl (C=S) groups is 1. The van der Waals surface area contributed by atoms with Crippen LogP contribution in [-0.4, -0.2) is 23.0 Å². The summed E-state index contributed by atoms with van der Waals surface area (Å²) >= 11 is 8.57. The number of halogens is 1. The third-order valence-corrected chi connectivity index (χ3v) is 3.94. The van der Waals surface area contributed by atoms with Gasteiger partial charge in [0.1, 0.15) is 5.75 Å². The Morgan fingerprint density at radius 1 is 1.04 bits per heavy atom. The topological polar surface area (TPSA) is 79.5 Å². The van der Waals surface area contributed by atoms with Gasteiger partial charge in [0.05, 0.1) is 11.7 Å². The number of amides is 2. The van der Waals surface area contributed by atoms with Crippen LogP contribution < -0.4 is 20.7 Å². The van der Waals surface area contributed by atoms with Crippen LogP contribution in [0.1, 0.15) is 31.1 Å². The molecule has 2 amide bonds. The quantitative estimate of drug-likeness (QED) is 0.592. The lowest BCUT2D eigenvalue weighted by atomic mass is 10.2. The average molecular weight is 450 g/mol. The largest absolute Gasteiger partial charge is 0.490 e. The molecule has 142 valence electrons. The second-order valence-electron chi connectivity index (χ2n) is 5.97. The maximum absolute atomic E-state index is 12.6. The maximum Gasteiger partial charge on any atom is 0.261 e. The lowest BCUT2D eigenvalue weighted by Crippen LogP contribution is -2.34. The molecule has 2 aromatic rings. The molecule has 0 aliphatic rings. The average Bonchev–Trinajstić information content (AvgIpc) is 2.57. The second kappa shape index (κ2) is 9.48. The molecule has 0 saturated heterocycles. The first-order valence-corrected chi connectivity index (χ1v) is 9.41. The normalized spacial score (nSPS) is 10.3. The third kappa shape index (κ3) is 6.65. The lowest BCUT2D eigenvalue weighted by Gasteiger charge is -2.15. The van der Waals surface area contributed by atoms with Gasteiger partial charge in [0, 0.05) is 22.8 Å². The first kappa shape index (κ1) is 20.9. The predicted molar refractivity (Wildman–Crippen MR) is 114 cm³/mol. The Kier molecular flexibility index (Phi) is 7.32. The summed E-state index contributed by atoms with van der Waals surface area (Å²) in [6.45, 7) is 5.22. The van der Waals surface area contributed by atoms with Crippen LogP contribution in [0.2, 0.25) is 0 Å². The third-order valence-electron chi connectivity index (χ3n) is 3.24. The fourth-order valence-corrected chi connectivity index (χ4v) is 2.78. The molecule has 0 aliphatic heterocycles. The van der Waals surface area contributed by atoms with E-state index in [-0.39, 0.29) is 23.0 Å². The van der Waals surface area contributed by atoms with E-state index in [1.54, 1.807) is 36.4 Å². The summed E-state index contributed by atoms with van der Waals surface area (Å²) in [4.78, 5) is 23.6. The van der Waals surface area contributed by atoms with Gasteiger partial charge in [-0.25, -0.2) is 0 Å². The Labute approximate surface area is 171 Å². The Bertz CT molecular complexity index is 854. The van der Waals surface area contributed by atoms with E-state index < -0.39 is 0 Å². The van der Waals surface area contributed by atoms with Crippen LogP contribution >= 0.6 is 28.1 Å². The molecule has 0 atom stereocenters. The molecule has 27 heavy (non-hydrogen) atoms. The van der Waals surface area contributed by atoms with Crippen LogP contribution in [0.4, 0.5) is 11.4 Å². The van der Waals surface area contributed by atoms with E-state index in [1.807, 2.05) is 19.9 Å². The highest BCUT2D eigenvalue weighted by Gasteiger charge is 2.15. The molecule has 0 heterocycles. The fourth-order valence-electron chi connectivity index (χ4n) is 2.21. The molecule has 2 rings (SSSR count). The first-order chi connectivity index (χ1) is 12.7. The number of anilines is 2. The number of hydrogen-bond acceptors (Lipinski definition) is 4. The standard InChI is InChI=1S/C19H20BrN3O3S/c1-11(2)26-17-9-4-13(20)10-16(17)18(25)23-19(27)22-15-7-5-14(6-8-15)21-12(3)24/h4-11H,1-3H3,(H,21,24)(H2,22,23,25,27). The summed E-state index contributed by atoms with van der Waals surface area (Å²) in [5.41, 5.74) is 1.73. The minimum atomic E-state index is -0.376. The van der Waals surface area contributed by atoms with Crippen LogP contribution in [0.3, 0.4) is 0 Å². The van der Waals surface area contributed by atoms with Crippen molar-refractivity contribution in [3.63, 3.8) is 0 Å². The molecule has 0 radical (unpaired) electrons. The van der Waals surface area contributed by atoms with Crippen molar-refractivity contribution in [3.05, 3.63) is 52.5 Å². The number of benzene rings is 2. The van der Waals surface area contributed by atoms with Crippen molar-refractivity contribution in [3.8, 4) is 5.75 Å². The fraction of sp³-hybridized carbons (Fsp3) is 0.211. The van der Waals surface area contributed by atoms with E-state index in [2.05, 4.69) is 31.9 Å². The highest BCUT2D eigenvalue weighted by Crippen LogP contribution is 2.24. The molecule has 0 saturated carbocycles. The molecule has 0 spiro atoms. The molecule has 2 aromatic carbocycles. The second-order valence-corrected chi connectivity index (χ2v) is 7.30. The number of ether oxygens (including phenoxy) is 1. The zero-order valence-electron chi connectivity index (χ0n) is 15.1. The number of nitrogens with one attached hydrogen (secondary N) is 3. The maximum atomic E-state index is 12.6. The zero-order valence-corrected chi connectivity index (χ0v) is 17.5. The van der Waals surface area contributed by atoms with Crippen LogP contribution in [0, 0.1) is 0 Å². The molecule has 3 N–H and O–H groups in total. The van der Waals surface area contributed by atoms with E-state index >= 15 is 0 Å².